The largest absolute Gasteiger partial charge is 2.00 e. The Morgan fingerprint density at radius 1 is 0.600 bits per heavy atom. The van der Waals surface area contributed by atoms with Crippen LogP contribution in [-0.2, 0) is 19.5 Å². The summed E-state index contributed by atoms with van der Waals surface area (Å²) in [6.07, 6.45) is 0. The molecule has 0 bridgehead atoms. The van der Waals surface area contributed by atoms with Gasteiger partial charge in [-0.15, -0.1) is 0 Å². The molecule has 0 aromatic carbocycles. The molecule has 0 atom stereocenters. The molecule has 0 saturated heterocycles. The summed E-state index contributed by atoms with van der Waals surface area (Å²) in [5, 5.41) is 0. The standard InChI is InChI=1S/3BrH.H2O.Ru/h3*1H;1H2;/q;;;;+2/p-3. The Morgan fingerprint density at radius 3 is 0.600 bits per heavy atom. The molecule has 0 radical (unpaired) electrons. The van der Waals surface area contributed by atoms with Gasteiger partial charge in [0.05, 0.1) is 0 Å². The van der Waals surface area contributed by atoms with Gasteiger partial charge in [0.25, 0.3) is 0 Å². The van der Waals surface area contributed by atoms with Crippen LogP contribution in [0.1, 0.15) is 0 Å². The van der Waals surface area contributed by atoms with E-state index in [2.05, 4.69) is 0 Å². The van der Waals surface area contributed by atoms with Gasteiger partial charge in [0, 0.05) is 0 Å². The average molecular weight is 359 g/mol. The summed E-state index contributed by atoms with van der Waals surface area (Å²) in [4.78, 5) is 0. The number of rotatable bonds is 0. The Hall–Kier alpha value is 2.02. The summed E-state index contributed by atoms with van der Waals surface area (Å²) in [5.74, 6) is 0. The molecule has 0 amide bonds. The van der Waals surface area contributed by atoms with Crippen molar-refractivity contribution in [2.24, 2.45) is 0 Å². The Kier molecular flexibility index (Phi) is 462. The first-order chi connectivity index (χ1) is 0. The predicted molar refractivity (Wildman–Crippen MR) is 3.61 cm³/mol. The van der Waals surface area contributed by atoms with Crippen LogP contribution in [0.15, 0.2) is 0 Å². The fourth-order valence-electron chi connectivity index (χ4n) is 0. The summed E-state index contributed by atoms with van der Waals surface area (Å²) in [6.45, 7) is 0. The predicted octanol–water partition coefficient (Wildman–Crippen LogP) is -9.82. The van der Waals surface area contributed by atoms with Crippen molar-refractivity contribution in [2.75, 3.05) is 0 Å². The van der Waals surface area contributed by atoms with Gasteiger partial charge in [-0.3, -0.25) is 0 Å². The zero-order valence-corrected chi connectivity index (χ0v) is 8.48. The van der Waals surface area contributed by atoms with E-state index in [4.69, 9.17) is 0 Å². The maximum absolute atomic E-state index is 0. The molecule has 1 nitrogen and oxygen atoms in total. The van der Waals surface area contributed by atoms with E-state index in [9.17, 15) is 0 Å². The van der Waals surface area contributed by atoms with Crippen LogP contribution in [0, 0.1) is 0 Å². The minimum Gasteiger partial charge on any atom is -1.00 e. The molecule has 0 aromatic rings. The molecule has 0 aliphatic rings. The SMILES string of the molecule is O.[Br-].[Br-].[Br-].[Ru+2]. The second-order valence-corrected chi connectivity index (χ2v) is 0. The summed E-state index contributed by atoms with van der Waals surface area (Å²) in [7, 11) is 0. The third kappa shape index (κ3) is 23.8. The molecular weight excluding hydrogens is 357 g/mol. The number of halogens is 3. The zero-order valence-electron chi connectivity index (χ0n) is 1.99. The van der Waals surface area contributed by atoms with Crippen molar-refractivity contribution in [3.63, 3.8) is 0 Å². The van der Waals surface area contributed by atoms with Crippen molar-refractivity contribution < 1.29 is 75.9 Å². The van der Waals surface area contributed by atoms with Crippen LogP contribution >= 0.6 is 0 Å². The molecule has 0 spiro atoms. The first kappa shape index (κ1) is 62.2. The summed E-state index contributed by atoms with van der Waals surface area (Å²) in [5.41, 5.74) is 0. The van der Waals surface area contributed by atoms with Crippen LogP contribution in [0.4, 0.5) is 0 Å². The molecule has 2 N–H and O–H groups in total. The molecule has 38 valence electrons. The van der Waals surface area contributed by atoms with E-state index in [0.29, 0.717) is 0 Å². The summed E-state index contributed by atoms with van der Waals surface area (Å²) < 4.78 is 0. The molecule has 0 saturated carbocycles. The van der Waals surface area contributed by atoms with Crippen molar-refractivity contribution in [3.8, 4) is 0 Å². The van der Waals surface area contributed by atoms with Gasteiger partial charge >= 0.3 is 19.5 Å². The molecule has 0 aromatic heterocycles. The van der Waals surface area contributed by atoms with Gasteiger partial charge in [-0.25, -0.2) is 0 Å². The van der Waals surface area contributed by atoms with Gasteiger partial charge in [0.1, 0.15) is 0 Å². The van der Waals surface area contributed by atoms with Crippen molar-refractivity contribution in [2.45, 2.75) is 0 Å². The second-order valence-electron chi connectivity index (χ2n) is 0. The normalized spacial score (nSPS) is 0. The maximum Gasteiger partial charge on any atom is 2.00 e. The fraction of sp³-hybridized carbons (Fsp3) is 0. The molecule has 0 aliphatic carbocycles. The van der Waals surface area contributed by atoms with Crippen molar-refractivity contribution in [1.29, 1.82) is 0 Å². The number of hydrogen-bond acceptors (Lipinski definition) is 0. The molecule has 0 aliphatic heterocycles. The van der Waals surface area contributed by atoms with E-state index < -0.39 is 0 Å². The first-order valence-corrected chi connectivity index (χ1v) is 0. The van der Waals surface area contributed by atoms with Crippen LogP contribution in [0.25, 0.3) is 0 Å². The van der Waals surface area contributed by atoms with E-state index in [1.807, 2.05) is 0 Å². The smallest absolute Gasteiger partial charge is 1.00 e. The van der Waals surface area contributed by atoms with Gasteiger partial charge in [0.15, 0.2) is 0 Å². The van der Waals surface area contributed by atoms with Gasteiger partial charge < -0.3 is 56.4 Å². The van der Waals surface area contributed by atoms with Crippen LogP contribution in [0.5, 0.6) is 0 Å². The molecule has 5 heavy (non-hydrogen) atoms. The van der Waals surface area contributed by atoms with Crippen molar-refractivity contribution >= 4 is 0 Å². The Bertz CT molecular complexity index is 6.85. The third-order valence-corrected chi connectivity index (χ3v) is 0. The minimum atomic E-state index is 0. The van der Waals surface area contributed by atoms with Crippen LogP contribution < -0.4 is 50.9 Å². The topological polar surface area (TPSA) is 31.5 Å². The third-order valence-electron chi connectivity index (χ3n) is 0. The van der Waals surface area contributed by atoms with E-state index >= 15 is 0 Å². The van der Waals surface area contributed by atoms with Gasteiger partial charge in [0.2, 0.25) is 0 Å². The quantitative estimate of drug-likeness (QED) is 0.385. The summed E-state index contributed by atoms with van der Waals surface area (Å²) in [6, 6.07) is 0. The second kappa shape index (κ2) is 37.1. The van der Waals surface area contributed by atoms with Crippen molar-refractivity contribution in [1.82, 2.24) is 0 Å². The van der Waals surface area contributed by atoms with Crippen LogP contribution in [0.3, 0.4) is 0 Å². The van der Waals surface area contributed by atoms with Crippen molar-refractivity contribution in [3.05, 3.63) is 0 Å². The molecule has 0 fully saturated rings. The van der Waals surface area contributed by atoms with E-state index in [1.54, 1.807) is 0 Å². The first-order valence-electron chi connectivity index (χ1n) is 0. The summed E-state index contributed by atoms with van der Waals surface area (Å²) >= 11 is 0. The Morgan fingerprint density at radius 2 is 0.600 bits per heavy atom. The number of hydrogen-bond donors (Lipinski definition) is 0. The Balaban J connectivity index is 0. The van der Waals surface area contributed by atoms with Crippen LogP contribution in [-0.4, -0.2) is 5.48 Å². The van der Waals surface area contributed by atoms with E-state index in [1.165, 1.54) is 0 Å². The minimum absolute atomic E-state index is 0. The fourth-order valence-corrected chi connectivity index (χ4v) is 0. The average Bonchev–Trinajstić information content (AvgIpc) is 0. The molecule has 5 heteroatoms. The Labute approximate surface area is 75.3 Å². The molecule has 0 rings (SSSR count). The van der Waals surface area contributed by atoms with Crippen LogP contribution in [0.2, 0.25) is 0 Å². The molecule has 0 heterocycles. The van der Waals surface area contributed by atoms with Gasteiger partial charge in [-0.05, 0) is 0 Å². The monoisotopic (exact) mass is 357 g/mol. The van der Waals surface area contributed by atoms with Gasteiger partial charge in [-0.1, -0.05) is 0 Å². The molecule has 0 unspecified atom stereocenters. The zero-order chi connectivity index (χ0) is 0. The van der Waals surface area contributed by atoms with Gasteiger partial charge in [-0.2, -0.15) is 0 Å². The maximum atomic E-state index is 0. The molecular formula is H2Br3ORu-. The van der Waals surface area contributed by atoms with E-state index in [0.717, 1.165) is 0 Å². The van der Waals surface area contributed by atoms with E-state index in [-0.39, 0.29) is 75.9 Å².